The van der Waals surface area contributed by atoms with Crippen LogP contribution in [0.4, 0.5) is 4.79 Å². The van der Waals surface area contributed by atoms with Crippen molar-refractivity contribution in [2.24, 2.45) is 10.8 Å². The molecule has 0 aliphatic heterocycles. The summed E-state index contributed by atoms with van der Waals surface area (Å²) < 4.78 is 16.6. The van der Waals surface area contributed by atoms with Crippen molar-refractivity contribution in [3.63, 3.8) is 0 Å². The molecule has 0 aliphatic rings. The number of amides is 1. The Hall–Kier alpha value is -0.150. The van der Waals surface area contributed by atoms with Gasteiger partial charge in [0.2, 0.25) is 0 Å². The van der Waals surface area contributed by atoms with Gasteiger partial charge in [-0.1, -0.05) is 27.7 Å². The molecular weight excluding hydrogens is 384 g/mol. The molecule has 0 fully saturated rings. The van der Waals surface area contributed by atoms with E-state index in [-0.39, 0.29) is 10.8 Å². The van der Waals surface area contributed by atoms with Crippen molar-refractivity contribution >= 4 is 30.2 Å². The Morgan fingerprint density at radius 3 is 1.78 bits per heavy atom. The van der Waals surface area contributed by atoms with E-state index < -0.39 is 11.7 Å². The van der Waals surface area contributed by atoms with E-state index in [1.54, 1.807) is 0 Å². The Balaban J connectivity index is 3.67. The lowest BCUT2D eigenvalue weighted by atomic mass is 9.95. The number of nitrogens with one attached hydrogen (secondary N) is 2. The van der Waals surface area contributed by atoms with Gasteiger partial charge in [-0.15, -0.1) is 0 Å². The third-order valence-electron chi connectivity index (χ3n) is 3.29. The second kappa shape index (κ2) is 13.1. The van der Waals surface area contributed by atoms with Gasteiger partial charge in [0.1, 0.15) is 5.60 Å². The Morgan fingerprint density at radius 1 is 0.852 bits per heavy atom. The first-order valence-corrected chi connectivity index (χ1v) is 11.3. The van der Waals surface area contributed by atoms with Gasteiger partial charge in [-0.3, -0.25) is 0 Å². The van der Waals surface area contributed by atoms with Crippen LogP contribution in [-0.2, 0) is 13.1 Å². The van der Waals surface area contributed by atoms with E-state index in [0.29, 0.717) is 13.2 Å². The summed E-state index contributed by atoms with van der Waals surface area (Å²) >= 11 is 3.00. The highest BCUT2D eigenvalue weighted by Gasteiger charge is 2.22. The molecule has 0 aliphatic carbocycles. The predicted molar refractivity (Wildman–Crippen MR) is 117 cm³/mol. The molecule has 27 heavy (non-hydrogen) atoms. The fraction of sp³-hybridized carbons (Fsp3) is 0.947. The quantitative estimate of drug-likeness (QED) is 0.314. The summed E-state index contributed by atoms with van der Waals surface area (Å²) in [5.41, 5.74) is -0.482. The van der Waals surface area contributed by atoms with Gasteiger partial charge < -0.3 is 23.7 Å². The monoisotopic (exact) mass is 424 g/mol. The van der Waals surface area contributed by atoms with Crippen LogP contribution in [0.5, 0.6) is 0 Å². The first-order chi connectivity index (χ1) is 12.4. The van der Waals surface area contributed by atoms with Crippen molar-refractivity contribution in [2.75, 3.05) is 44.9 Å². The SMILES string of the molecule is CNCC(C)(C)COSCCCSOCC(C)(C)CNC(=O)OC(C)(C)C. The summed E-state index contributed by atoms with van der Waals surface area (Å²) in [7, 11) is 1.96. The first kappa shape index (κ1) is 26.9. The maximum atomic E-state index is 11.7. The van der Waals surface area contributed by atoms with Gasteiger partial charge >= 0.3 is 6.09 Å². The van der Waals surface area contributed by atoms with E-state index in [4.69, 9.17) is 13.1 Å². The zero-order valence-corrected chi connectivity index (χ0v) is 20.0. The van der Waals surface area contributed by atoms with Gasteiger partial charge in [-0.05, 0) is 58.3 Å². The molecule has 0 heterocycles. The maximum Gasteiger partial charge on any atom is 0.407 e. The van der Waals surface area contributed by atoms with Crippen molar-refractivity contribution < 1.29 is 17.9 Å². The van der Waals surface area contributed by atoms with Crippen molar-refractivity contribution in [1.29, 1.82) is 0 Å². The minimum Gasteiger partial charge on any atom is -0.444 e. The summed E-state index contributed by atoms with van der Waals surface area (Å²) in [6.07, 6.45) is 0.636. The van der Waals surface area contributed by atoms with Crippen LogP contribution in [-0.4, -0.2) is 56.6 Å². The van der Waals surface area contributed by atoms with Crippen LogP contribution in [0.3, 0.4) is 0 Å². The van der Waals surface area contributed by atoms with E-state index in [9.17, 15) is 4.79 Å². The van der Waals surface area contributed by atoms with Gasteiger partial charge in [0.05, 0.1) is 13.2 Å². The summed E-state index contributed by atoms with van der Waals surface area (Å²) in [6, 6.07) is 0. The summed E-state index contributed by atoms with van der Waals surface area (Å²) in [5, 5.41) is 5.98. The van der Waals surface area contributed by atoms with E-state index in [1.165, 1.54) is 24.1 Å². The molecule has 162 valence electrons. The lowest BCUT2D eigenvalue weighted by Crippen LogP contribution is -2.39. The molecule has 0 aromatic heterocycles. The second-order valence-corrected chi connectivity index (χ2v) is 11.0. The molecule has 1 amide bonds. The van der Waals surface area contributed by atoms with Crippen LogP contribution in [0.25, 0.3) is 0 Å². The van der Waals surface area contributed by atoms with Gasteiger partial charge in [-0.25, -0.2) is 4.79 Å². The van der Waals surface area contributed by atoms with E-state index >= 15 is 0 Å². The predicted octanol–water partition coefficient (Wildman–Crippen LogP) is 4.50. The van der Waals surface area contributed by atoms with Crippen molar-refractivity contribution in [3.8, 4) is 0 Å². The maximum absolute atomic E-state index is 11.7. The molecule has 0 saturated heterocycles. The first-order valence-electron chi connectivity index (χ1n) is 9.47. The highest BCUT2D eigenvalue weighted by atomic mass is 32.2. The topological polar surface area (TPSA) is 68.8 Å². The Kier molecular flexibility index (Phi) is 13.1. The normalized spacial score (nSPS) is 12.9. The Morgan fingerprint density at radius 2 is 1.33 bits per heavy atom. The number of alkyl carbamates (subject to hydrolysis) is 1. The molecule has 0 rings (SSSR count). The van der Waals surface area contributed by atoms with Gasteiger partial charge in [0, 0.05) is 35.4 Å². The number of ether oxygens (including phenoxy) is 1. The summed E-state index contributed by atoms with van der Waals surface area (Å²) in [4.78, 5) is 11.7. The minimum atomic E-state index is -0.481. The average molecular weight is 425 g/mol. The lowest BCUT2D eigenvalue weighted by Gasteiger charge is -2.26. The molecule has 0 aromatic rings. The van der Waals surface area contributed by atoms with E-state index in [2.05, 4.69) is 38.3 Å². The molecular formula is C19H40N2O4S2. The number of rotatable bonds is 14. The third-order valence-corrected chi connectivity index (χ3v) is 4.77. The fourth-order valence-corrected chi connectivity index (χ4v) is 3.65. The fourth-order valence-electron chi connectivity index (χ4n) is 1.90. The molecule has 2 N–H and O–H groups in total. The van der Waals surface area contributed by atoms with Gasteiger partial charge in [0.15, 0.2) is 0 Å². The average Bonchev–Trinajstić information content (AvgIpc) is 2.49. The molecule has 0 radical (unpaired) electrons. The lowest BCUT2D eigenvalue weighted by molar-refractivity contribution is 0.0496. The van der Waals surface area contributed by atoms with Crippen LogP contribution in [0.15, 0.2) is 0 Å². The standard InChI is InChI=1S/C19H40N2O4S2/c1-17(2,3)25-16(22)21-13-19(6,7)15-24-27-11-9-10-26-23-14-18(4,5)12-20-8/h20H,9-15H2,1-8H3,(H,21,22). The molecule has 6 nitrogen and oxygen atoms in total. The van der Waals surface area contributed by atoms with E-state index in [1.807, 2.05) is 27.8 Å². The van der Waals surface area contributed by atoms with Crippen LogP contribution >= 0.6 is 24.1 Å². The molecule has 0 bridgehead atoms. The number of hydrogen-bond acceptors (Lipinski definition) is 7. The molecule has 0 aromatic carbocycles. The molecule has 0 atom stereocenters. The molecule has 0 unspecified atom stereocenters. The zero-order chi connectivity index (χ0) is 21.0. The van der Waals surface area contributed by atoms with Gasteiger partial charge in [-0.2, -0.15) is 0 Å². The van der Waals surface area contributed by atoms with Crippen LogP contribution in [0.2, 0.25) is 0 Å². The largest absolute Gasteiger partial charge is 0.444 e. The Bertz CT molecular complexity index is 413. The molecule has 8 heteroatoms. The molecule has 0 spiro atoms. The van der Waals surface area contributed by atoms with Crippen LogP contribution < -0.4 is 10.6 Å². The number of hydrogen-bond donors (Lipinski definition) is 2. The van der Waals surface area contributed by atoms with Crippen LogP contribution in [0, 0.1) is 10.8 Å². The molecule has 0 saturated carbocycles. The van der Waals surface area contributed by atoms with Crippen molar-refractivity contribution in [2.45, 2.75) is 60.5 Å². The zero-order valence-electron chi connectivity index (χ0n) is 18.4. The van der Waals surface area contributed by atoms with Crippen molar-refractivity contribution in [1.82, 2.24) is 10.6 Å². The highest BCUT2D eigenvalue weighted by molar-refractivity contribution is 7.95. The summed E-state index contributed by atoms with van der Waals surface area (Å²) in [6.45, 7) is 16.8. The number of carbonyl (C=O) groups excluding carboxylic acids is 1. The Labute approximate surface area is 175 Å². The summed E-state index contributed by atoms with van der Waals surface area (Å²) in [5.74, 6) is 1.88. The minimum absolute atomic E-state index is 0.151. The van der Waals surface area contributed by atoms with Crippen molar-refractivity contribution in [3.05, 3.63) is 0 Å². The van der Waals surface area contributed by atoms with Gasteiger partial charge in [0.25, 0.3) is 0 Å². The van der Waals surface area contributed by atoms with E-state index in [0.717, 1.165) is 31.1 Å². The van der Waals surface area contributed by atoms with Crippen LogP contribution in [0.1, 0.15) is 54.9 Å². The smallest absolute Gasteiger partial charge is 0.407 e. The second-order valence-electron chi connectivity index (χ2n) is 9.24. The number of carbonyl (C=O) groups is 1. The highest BCUT2D eigenvalue weighted by Crippen LogP contribution is 2.20. The third kappa shape index (κ3) is 17.7.